The van der Waals surface area contributed by atoms with Crippen molar-refractivity contribution in [3.05, 3.63) is 0 Å². The first-order valence-electron chi connectivity index (χ1n) is 7.24. The van der Waals surface area contributed by atoms with Crippen molar-refractivity contribution < 1.29 is 13.6 Å². The van der Waals surface area contributed by atoms with Crippen LogP contribution in [0.2, 0.25) is 0 Å². The lowest BCUT2D eigenvalue weighted by Gasteiger charge is -2.47. The van der Waals surface area contributed by atoms with Crippen LogP contribution >= 0.6 is 0 Å². The molecular weight excluding hydrogens is 204 g/mol. The molecule has 2 aliphatic rings. The van der Waals surface area contributed by atoms with Crippen LogP contribution in [0.4, 0.5) is 4.79 Å². The number of ether oxygens (including phenoxy) is 1. The van der Waals surface area contributed by atoms with E-state index in [-0.39, 0.29) is 11.5 Å². The molecule has 1 amide bonds. The number of hydrogen-bond acceptors (Lipinski definition) is 3. The highest BCUT2D eigenvalue weighted by atomic mass is 16.6. The number of hydrogen-bond donors (Lipinski definition) is 0. The maximum absolute atomic E-state index is 11.8. The molecule has 2 rings (SSSR count). The Morgan fingerprint density at radius 3 is 2.56 bits per heavy atom. The Hall–Kier alpha value is -0.770. The van der Waals surface area contributed by atoms with Crippen molar-refractivity contribution in [1.82, 2.24) is 9.80 Å². The molecule has 0 aromatic carbocycles. The molecule has 0 radical (unpaired) electrons. The summed E-state index contributed by atoms with van der Waals surface area (Å²) in [6, 6.07) is 0. The highest BCUT2D eigenvalue weighted by Gasteiger charge is 2.49. The van der Waals surface area contributed by atoms with Gasteiger partial charge in [-0.2, -0.15) is 0 Å². The van der Waals surface area contributed by atoms with Gasteiger partial charge in [0.1, 0.15) is 5.60 Å². The molecule has 2 saturated heterocycles. The monoisotopic (exact) mass is 229 g/mol. The van der Waals surface area contributed by atoms with Crippen LogP contribution in [0.25, 0.3) is 0 Å². The van der Waals surface area contributed by atoms with E-state index < -0.39 is 12.6 Å². The standard InChI is InChI=1S/C12H22N2O2/c1-11(2,3)16-10(15)14-8-12(9-14)5-6-13(4)7-12/h5-9H2,1-4H3/i4D3. The van der Waals surface area contributed by atoms with Gasteiger partial charge in [-0.1, -0.05) is 0 Å². The Labute approximate surface area is 102 Å². The molecule has 92 valence electrons. The first kappa shape index (κ1) is 8.34. The summed E-state index contributed by atoms with van der Waals surface area (Å²) in [5.74, 6) is 0. The Morgan fingerprint density at radius 1 is 1.38 bits per heavy atom. The zero-order chi connectivity index (χ0) is 14.5. The number of rotatable bonds is 0. The van der Waals surface area contributed by atoms with Crippen LogP contribution in [0.15, 0.2) is 0 Å². The topological polar surface area (TPSA) is 32.8 Å². The second-order valence-corrected chi connectivity index (χ2v) is 6.01. The summed E-state index contributed by atoms with van der Waals surface area (Å²) in [7, 11) is 0. The number of likely N-dealkylation sites (tertiary alicyclic amines) is 2. The minimum Gasteiger partial charge on any atom is -0.444 e. The normalized spacial score (nSPS) is 28.2. The first-order chi connectivity index (χ1) is 8.51. The van der Waals surface area contributed by atoms with Crippen LogP contribution in [0, 0.1) is 5.41 Å². The first-order valence-corrected chi connectivity index (χ1v) is 5.74. The fourth-order valence-electron chi connectivity index (χ4n) is 2.41. The van der Waals surface area contributed by atoms with E-state index in [0.29, 0.717) is 26.2 Å². The smallest absolute Gasteiger partial charge is 0.410 e. The van der Waals surface area contributed by atoms with Gasteiger partial charge in [-0.3, -0.25) is 0 Å². The molecule has 2 aliphatic heterocycles. The molecule has 0 N–H and O–H groups in total. The maximum Gasteiger partial charge on any atom is 0.410 e. The summed E-state index contributed by atoms with van der Waals surface area (Å²) in [5, 5.41) is 0. The largest absolute Gasteiger partial charge is 0.444 e. The summed E-state index contributed by atoms with van der Waals surface area (Å²) in [5.41, 5.74) is -0.522. The molecule has 0 atom stereocenters. The van der Waals surface area contributed by atoms with Gasteiger partial charge < -0.3 is 14.5 Å². The van der Waals surface area contributed by atoms with E-state index in [1.165, 1.54) is 4.90 Å². The summed E-state index contributed by atoms with van der Waals surface area (Å²) >= 11 is 0. The predicted molar refractivity (Wildman–Crippen MR) is 62.4 cm³/mol. The van der Waals surface area contributed by atoms with Gasteiger partial charge in [0.25, 0.3) is 0 Å². The van der Waals surface area contributed by atoms with Gasteiger partial charge in [0.15, 0.2) is 0 Å². The average Bonchev–Trinajstić information content (AvgIpc) is 2.55. The Morgan fingerprint density at radius 2 is 2.06 bits per heavy atom. The quantitative estimate of drug-likeness (QED) is 0.632. The fraction of sp³-hybridized carbons (Fsp3) is 0.917. The van der Waals surface area contributed by atoms with Crippen molar-refractivity contribution >= 4 is 6.09 Å². The molecule has 0 aliphatic carbocycles. The highest BCUT2D eigenvalue weighted by molar-refractivity contribution is 5.69. The number of amides is 1. The van der Waals surface area contributed by atoms with E-state index in [9.17, 15) is 4.79 Å². The van der Waals surface area contributed by atoms with Crippen LogP contribution in [0.1, 0.15) is 31.3 Å². The van der Waals surface area contributed by atoms with E-state index in [2.05, 4.69) is 0 Å². The Balaban J connectivity index is 1.85. The van der Waals surface area contributed by atoms with Crippen molar-refractivity contribution in [3.63, 3.8) is 0 Å². The molecule has 16 heavy (non-hydrogen) atoms. The zero-order valence-corrected chi connectivity index (χ0v) is 10.2. The van der Waals surface area contributed by atoms with Gasteiger partial charge in [0.05, 0.1) is 0 Å². The highest BCUT2D eigenvalue weighted by Crippen LogP contribution is 2.39. The lowest BCUT2D eigenvalue weighted by molar-refractivity contribution is -0.0298. The van der Waals surface area contributed by atoms with Crippen molar-refractivity contribution in [2.24, 2.45) is 5.41 Å². The van der Waals surface area contributed by atoms with Crippen LogP contribution in [0.5, 0.6) is 0 Å². The molecule has 4 heteroatoms. The Kier molecular flexibility index (Phi) is 1.89. The summed E-state index contributed by atoms with van der Waals surface area (Å²) in [6.45, 7) is 5.84. The minimum absolute atomic E-state index is 0.0364. The molecule has 0 bridgehead atoms. The molecule has 2 fully saturated rings. The lowest BCUT2D eigenvalue weighted by atomic mass is 9.79. The Bertz CT molecular complexity index is 370. The van der Waals surface area contributed by atoms with Gasteiger partial charge in [-0.15, -0.1) is 0 Å². The predicted octanol–water partition coefficient (Wildman–Crippen LogP) is 1.56. The molecule has 0 unspecified atom stereocenters. The van der Waals surface area contributed by atoms with E-state index in [0.717, 1.165) is 6.42 Å². The van der Waals surface area contributed by atoms with Crippen molar-refractivity contribution in [2.75, 3.05) is 33.2 Å². The number of carbonyl (C=O) groups is 1. The van der Waals surface area contributed by atoms with E-state index >= 15 is 0 Å². The third kappa shape index (κ3) is 2.32. The lowest BCUT2D eigenvalue weighted by Crippen LogP contribution is -2.60. The van der Waals surface area contributed by atoms with Crippen LogP contribution in [0.3, 0.4) is 0 Å². The van der Waals surface area contributed by atoms with Crippen molar-refractivity contribution in [1.29, 1.82) is 0 Å². The molecule has 0 aromatic heterocycles. The number of nitrogens with zero attached hydrogens (tertiary/aromatic N) is 2. The third-order valence-electron chi connectivity index (χ3n) is 3.14. The summed E-state index contributed by atoms with van der Waals surface area (Å²) in [4.78, 5) is 15.0. The molecule has 1 spiro atoms. The molecule has 2 heterocycles. The molecule has 0 aromatic rings. The van der Waals surface area contributed by atoms with E-state index in [1.54, 1.807) is 4.90 Å². The van der Waals surface area contributed by atoms with E-state index in [1.807, 2.05) is 20.8 Å². The minimum atomic E-state index is -2.02. The average molecular weight is 229 g/mol. The maximum atomic E-state index is 11.8. The van der Waals surface area contributed by atoms with Crippen LogP contribution < -0.4 is 0 Å². The SMILES string of the molecule is [2H]C([2H])([2H])N1CCC2(CN(C(=O)OC(C)(C)C)C2)C1. The zero-order valence-electron chi connectivity index (χ0n) is 13.2. The van der Waals surface area contributed by atoms with Gasteiger partial charge in [0.2, 0.25) is 0 Å². The second-order valence-electron chi connectivity index (χ2n) is 6.01. The van der Waals surface area contributed by atoms with E-state index in [4.69, 9.17) is 8.85 Å². The molecule has 0 saturated carbocycles. The number of carbonyl (C=O) groups excluding carboxylic acids is 1. The summed E-state index contributed by atoms with van der Waals surface area (Å²) in [6.07, 6.45) is 0.537. The van der Waals surface area contributed by atoms with Gasteiger partial charge in [-0.05, 0) is 40.7 Å². The second kappa shape index (κ2) is 3.62. The van der Waals surface area contributed by atoms with Crippen LogP contribution in [-0.4, -0.2) is 54.6 Å². The third-order valence-corrected chi connectivity index (χ3v) is 3.14. The fourth-order valence-corrected chi connectivity index (χ4v) is 2.41. The summed E-state index contributed by atoms with van der Waals surface area (Å²) < 4.78 is 27.5. The van der Waals surface area contributed by atoms with Crippen molar-refractivity contribution in [2.45, 2.75) is 32.8 Å². The molecule has 4 nitrogen and oxygen atoms in total. The van der Waals surface area contributed by atoms with Crippen LogP contribution in [-0.2, 0) is 4.74 Å². The van der Waals surface area contributed by atoms with Gasteiger partial charge in [0, 0.05) is 29.2 Å². The van der Waals surface area contributed by atoms with Gasteiger partial charge >= 0.3 is 6.09 Å². The van der Waals surface area contributed by atoms with Crippen molar-refractivity contribution in [3.8, 4) is 0 Å². The molecular formula is C12H22N2O2. The van der Waals surface area contributed by atoms with Gasteiger partial charge in [-0.25, -0.2) is 4.79 Å².